The Kier molecular flexibility index (Phi) is 2.82. The minimum Gasteiger partial charge on any atom is -0.333 e. The standard InChI is InChI=1S/C10H15N5/c1-14-4-2-9(13-14)3-5-15-8-12-7-10(15)6-11/h2,4,7-8H,3,5-6,11H2,1H3. The smallest absolute Gasteiger partial charge is 0.0948 e. The molecule has 0 fully saturated rings. The van der Waals surface area contributed by atoms with E-state index in [0.29, 0.717) is 6.54 Å². The van der Waals surface area contributed by atoms with E-state index in [-0.39, 0.29) is 0 Å². The van der Waals surface area contributed by atoms with Gasteiger partial charge < -0.3 is 10.3 Å². The molecule has 0 bridgehead atoms. The first-order valence-electron chi connectivity index (χ1n) is 4.97. The van der Waals surface area contributed by atoms with Crippen LogP contribution in [0.5, 0.6) is 0 Å². The fraction of sp³-hybridized carbons (Fsp3) is 0.400. The molecule has 2 aromatic rings. The van der Waals surface area contributed by atoms with Crippen molar-refractivity contribution in [3.05, 3.63) is 36.2 Å². The Hall–Kier alpha value is -1.62. The van der Waals surface area contributed by atoms with Gasteiger partial charge in [0.2, 0.25) is 0 Å². The molecule has 0 unspecified atom stereocenters. The highest BCUT2D eigenvalue weighted by Gasteiger charge is 2.01. The summed E-state index contributed by atoms with van der Waals surface area (Å²) in [4.78, 5) is 4.07. The van der Waals surface area contributed by atoms with Crippen molar-refractivity contribution in [1.82, 2.24) is 19.3 Å². The van der Waals surface area contributed by atoms with Gasteiger partial charge in [-0.05, 0) is 6.07 Å². The van der Waals surface area contributed by atoms with E-state index in [4.69, 9.17) is 5.73 Å². The SMILES string of the molecule is Cn1ccc(CCn2cncc2CN)n1. The highest BCUT2D eigenvalue weighted by molar-refractivity contribution is 5.01. The predicted molar refractivity (Wildman–Crippen MR) is 57.0 cm³/mol. The van der Waals surface area contributed by atoms with Gasteiger partial charge in [0.05, 0.1) is 17.7 Å². The Morgan fingerprint density at radius 1 is 1.47 bits per heavy atom. The Morgan fingerprint density at radius 2 is 2.33 bits per heavy atom. The molecule has 2 rings (SSSR count). The number of hydrogen-bond acceptors (Lipinski definition) is 3. The summed E-state index contributed by atoms with van der Waals surface area (Å²) in [5, 5.41) is 4.32. The monoisotopic (exact) mass is 205 g/mol. The molecule has 0 aliphatic carbocycles. The quantitative estimate of drug-likeness (QED) is 0.781. The summed E-state index contributed by atoms with van der Waals surface area (Å²) in [6.45, 7) is 1.41. The summed E-state index contributed by atoms with van der Waals surface area (Å²) >= 11 is 0. The number of aryl methyl sites for hydroxylation is 3. The Morgan fingerprint density at radius 3 is 3.00 bits per heavy atom. The molecule has 2 heterocycles. The van der Waals surface area contributed by atoms with Crippen molar-refractivity contribution in [3.63, 3.8) is 0 Å². The molecule has 0 atom stereocenters. The molecule has 0 saturated heterocycles. The van der Waals surface area contributed by atoms with Gasteiger partial charge in [-0.3, -0.25) is 4.68 Å². The first kappa shape index (κ1) is 9.92. The third-order valence-corrected chi connectivity index (χ3v) is 2.39. The lowest BCUT2D eigenvalue weighted by molar-refractivity contribution is 0.640. The van der Waals surface area contributed by atoms with Crippen molar-refractivity contribution in [2.24, 2.45) is 12.8 Å². The van der Waals surface area contributed by atoms with Gasteiger partial charge in [0.1, 0.15) is 0 Å². The van der Waals surface area contributed by atoms with Crippen molar-refractivity contribution >= 4 is 0 Å². The van der Waals surface area contributed by atoms with E-state index in [9.17, 15) is 0 Å². The third-order valence-electron chi connectivity index (χ3n) is 2.39. The number of nitrogens with two attached hydrogens (primary N) is 1. The second-order valence-corrected chi connectivity index (χ2v) is 3.51. The van der Waals surface area contributed by atoms with Gasteiger partial charge in [0.25, 0.3) is 0 Å². The molecule has 0 amide bonds. The lowest BCUT2D eigenvalue weighted by Gasteiger charge is -2.04. The highest BCUT2D eigenvalue weighted by atomic mass is 15.2. The second kappa shape index (κ2) is 4.27. The van der Waals surface area contributed by atoms with Crippen molar-refractivity contribution in [2.45, 2.75) is 19.5 Å². The van der Waals surface area contributed by atoms with Crippen LogP contribution in [0.25, 0.3) is 0 Å². The zero-order valence-electron chi connectivity index (χ0n) is 8.80. The average Bonchev–Trinajstić information content (AvgIpc) is 2.83. The van der Waals surface area contributed by atoms with Gasteiger partial charge >= 0.3 is 0 Å². The van der Waals surface area contributed by atoms with Crippen LogP contribution >= 0.6 is 0 Å². The van der Waals surface area contributed by atoms with Crippen LogP contribution in [0.3, 0.4) is 0 Å². The van der Waals surface area contributed by atoms with Gasteiger partial charge in [0.15, 0.2) is 0 Å². The van der Waals surface area contributed by atoms with E-state index >= 15 is 0 Å². The Labute approximate surface area is 88.5 Å². The molecule has 2 aromatic heterocycles. The minimum absolute atomic E-state index is 0.530. The molecule has 15 heavy (non-hydrogen) atoms. The van der Waals surface area contributed by atoms with Crippen LogP contribution in [-0.4, -0.2) is 19.3 Å². The second-order valence-electron chi connectivity index (χ2n) is 3.51. The number of aromatic nitrogens is 4. The predicted octanol–water partition coefficient (Wildman–Crippen LogP) is 0.318. The molecule has 5 heteroatoms. The Bertz CT molecular complexity index is 428. The number of imidazole rings is 1. The van der Waals surface area contributed by atoms with Gasteiger partial charge in [0, 0.05) is 39.0 Å². The van der Waals surface area contributed by atoms with Gasteiger partial charge in [-0.25, -0.2) is 4.98 Å². The lowest BCUT2D eigenvalue weighted by Crippen LogP contribution is -2.08. The molecular formula is C10H15N5. The summed E-state index contributed by atoms with van der Waals surface area (Å²) in [5.74, 6) is 0. The van der Waals surface area contributed by atoms with Gasteiger partial charge in [-0.15, -0.1) is 0 Å². The van der Waals surface area contributed by atoms with Crippen LogP contribution in [-0.2, 0) is 26.6 Å². The summed E-state index contributed by atoms with van der Waals surface area (Å²) in [6, 6.07) is 2.03. The van der Waals surface area contributed by atoms with E-state index in [0.717, 1.165) is 24.4 Å². The van der Waals surface area contributed by atoms with E-state index < -0.39 is 0 Å². The molecule has 0 radical (unpaired) electrons. The van der Waals surface area contributed by atoms with E-state index in [1.54, 1.807) is 6.20 Å². The third kappa shape index (κ3) is 2.24. The average molecular weight is 205 g/mol. The summed E-state index contributed by atoms with van der Waals surface area (Å²) in [6.07, 6.45) is 6.47. The summed E-state index contributed by atoms with van der Waals surface area (Å²) in [5.41, 5.74) is 7.74. The maximum Gasteiger partial charge on any atom is 0.0948 e. The molecule has 2 N–H and O–H groups in total. The molecule has 0 saturated carbocycles. The van der Waals surface area contributed by atoms with Crippen molar-refractivity contribution in [2.75, 3.05) is 0 Å². The van der Waals surface area contributed by atoms with Crippen LogP contribution in [0.4, 0.5) is 0 Å². The maximum absolute atomic E-state index is 5.59. The molecule has 80 valence electrons. The number of hydrogen-bond donors (Lipinski definition) is 1. The van der Waals surface area contributed by atoms with Crippen LogP contribution in [0.1, 0.15) is 11.4 Å². The number of rotatable bonds is 4. The fourth-order valence-electron chi connectivity index (χ4n) is 1.55. The van der Waals surface area contributed by atoms with E-state index in [2.05, 4.69) is 14.6 Å². The summed E-state index contributed by atoms with van der Waals surface area (Å²) < 4.78 is 3.88. The van der Waals surface area contributed by atoms with E-state index in [1.165, 1.54) is 0 Å². The van der Waals surface area contributed by atoms with Gasteiger partial charge in [-0.1, -0.05) is 0 Å². The zero-order chi connectivity index (χ0) is 10.7. The fourth-order valence-corrected chi connectivity index (χ4v) is 1.55. The van der Waals surface area contributed by atoms with Crippen molar-refractivity contribution < 1.29 is 0 Å². The van der Waals surface area contributed by atoms with Crippen molar-refractivity contribution in [1.29, 1.82) is 0 Å². The van der Waals surface area contributed by atoms with Gasteiger partial charge in [-0.2, -0.15) is 5.10 Å². The Balaban J connectivity index is 1.98. The molecule has 5 nitrogen and oxygen atoms in total. The largest absolute Gasteiger partial charge is 0.333 e. The van der Waals surface area contributed by atoms with Crippen LogP contribution in [0, 0.1) is 0 Å². The lowest BCUT2D eigenvalue weighted by atomic mass is 10.3. The minimum atomic E-state index is 0.530. The molecule has 0 aliphatic heterocycles. The first-order chi connectivity index (χ1) is 7.29. The molecular weight excluding hydrogens is 190 g/mol. The van der Waals surface area contributed by atoms with Crippen LogP contribution < -0.4 is 5.73 Å². The maximum atomic E-state index is 5.59. The normalized spacial score (nSPS) is 10.8. The molecule has 0 aliphatic rings. The van der Waals surface area contributed by atoms with Crippen LogP contribution in [0.15, 0.2) is 24.8 Å². The first-order valence-corrected chi connectivity index (χ1v) is 4.97. The molecule has 0 spiro atoms. The highest BCUT2D eigenvalue weighted by Crippen LogP contribution is 2.02. The van der Waals surface area contributed by atoms with E-state index in [1.807, 2.05) is 30.3 Å². The van der Waals surface area contributed by atoms with Crippen molar-refractivity contribution in [3.8, 4) is 0 Å². The van der Waals surface area contributed by atoms with Crippen LogP contribution in [0.2, 0.25) is 0 Å². The zero-order valence-corrected chi connectivity index (χ0v) is 8.80. The topological polar surface area (TPSA) is 61.7 Å². The number of nitrogens with zero attached hydrogens (tertiary/aromatic N) is 4. The molecule has 0 aromatic carbocycles. The summed E-state index contributed by atoms with van der Waals surface area (Å²) in [7, 11) is 1.92.